The minimum absolute atomic E-state index is 0.125. The lowest BCUT2D eigenvalue weighted by Crippen LogP contribution is -2.60. The Hall–Kier alpha value is -2.80. The van der Waals surface area contributed by atoms with E-state index in [4.69, 9.17) is 0 Å². The lowest BCUT2D eigenvalue weighted by molar-refractivity contribution is -0.126. The highest BCUT2D eigenvalue weighted by atomic mass is 32.2. The molecule has 0 unspecified atom stereocenters. The van der Waals surface area contributed by atoms with Crippen molar-refractivity contribution >= 4 is 40.5 Å². The number of nitrogens with one attached hydrogen (secondary N) is 1. The van der Waals surface area contributed by atoms with Crippen LogP contribution in [0.25, 0.3) is 5.52 Å². The summed E-state index contributed by atoms with van der Waals surface area (Å²) < 4.78 is 1.95. The van der Waals surface area contributed by atoms with E-state index in [9.17, 15) is 9.59 Å². The molecule has 0 bridgehead atoms. The van der Waals surface area contributed by atoms with Crippen molar-refractivity contribution in [2.75, 3.05) is 10.2 Å². The van der Waals surface area contributed by atoms with Crippen molar-refractivity contribution in [3.05, 3.63) is 54.9 Å². The quantitative estimate of drug-likeness (QED) is 0.706. The van der Waals surface area contributed by atoms with E-state index in [1.54, 1.807) is 24.9 Å². The number of hydrogen-bond donors (Lipinski definition) is 1. The summed E-state index contributed by atoms with van der Waals surface area (Å²) in [5, 5.41) is 3.23. The molecule has 0 radical (unpaired) electrons. The van der Waals surface area contributed by atoms with Gasteiger partial charge in [0.25, 0.3) is 0 Å². The maximum Gasteiger partial charge on any atom is 0.250 e. The first kappa shape index (κ1) is 17.6. The van der Waals surface area contributed by atoms with Gasteiger partial charge >= 0.3 is 0 Å². The molecule has 2 aromatic heterocycles. The van der Waals surface area contributed by atoms with Crippen molar-refractivity contribution in [1.82, 2.24) is 9.38 Å². The van der Waals surface area contributed by atoms with E-state index >= 15 is 0 Å². The van der Waals surface area contributed by atoms with Crippen LogP contribution in [0, 0.1) is 0 Å². The molecule has 1 aliphatic heterocycles. The summed E-state index contributed by atoms with van der Waals surface area (Å²) >= 11 is 1.39. The van der Waals surface area contributed by atoms with Crippen molar-refractivity contribution in [1.29, 1.82) is 0 Å². The van der Waals surface area contributed by atoms with Gasteiger partial charge in [-0.2, -0.15) is 0 Å². The van der Waals surface area contributed by atoms with Gasteiger partial charge < -0.3 is 5.32 Å². The molecular weight excluding hydrogens is 360 g/mol. The fraction of sp³-hybridized carbons (Fsp3) is 0.250. The predicted octanol–water partition coefficient (Wildman–Crippen LogP) is 3.58. The molecule has 0 fully saturated rings. The van der Waals surface area contributed by atoms with Gasteiger partial charge in [-0.05, 0) is 45.0 Å². The summed E-state index contributed by atoms with van der Waals surface area (Å²) in [6.45, 7) is 5.37. The minimum atomic E-state index is -0.977. The fourth-order valence-electron chi connectivity index (χ4n) is 3.24. The summed E-state index contributed by atoms with van der Waals surface area (Å²) in [6, 6.07) is 13.2. The Morgan fingerprint density at radius 1 is 1.19 bits per heavy atom. The van der Waals surface area contributed by atoms with Gasteiger partial charge in [-0.25, -0.2) is 4.98 Å². The summed E-state index contributed by atoms with van der Waals surface area (Å²) in [5.74, 6) is -0.321. The molecule has 0 saturated heterocycles. The highest BCUT2D eigenvalue weighted by Gasteiger charge is 2.44. The standard InChI is InChI=1S/C20H20N4O2S/c1-13(27-19-21-12-14-8-6-7-11-23(14)19)17(25)24-16-10-5-4-9-15(16)22-18(26)20(24,2)3/h4-13H,1-3H3,(H,22,26)/t13-/m1/s1. The van der Waals surface area contributed by atoms with E-state index in [1.165, 1.54) is 11.8 Å². The molecular formula is C20H20N4O2S. The van der Waals surface area contributed by atoms with Crippen LogP contribution in [0.2, 0.25) is 0 Å². The van der Waals surface area contributed by atoms with Crippen molar-refractivity contribution in [2.45, 2.75) is 36.7 Å². The molecule has 0 aliphatic carbocycles. The molecule has 138 valence electrons. The summed E-state index contributed by atoms with van der Waals surface area (Å²) in [4.78, 5) is 32.0. The van der Waals surface area contributed by atoms with Crippen LogP contribution in [-0.2, 0) is 9.59 Å². The molecule has 3 aromatic rings. The van der Waals surface area contributed by atoms with E-state index in [2.05, 4.69) is 10.3 Å². The molecule has 2 amide bonds. The third-order valence-corrected chi connectivity index (χ3v) is 5.83. The van der Waals surface area contributed by atoms with E-state index in [-0.39, 0.29) is 11.8 Å². The van der Waals surface area contributed by atoms with Crippen LogP contribution in [0.4, 0.5) is 11.4 Å². The van der Waals surface area contributed by atoms with Crippen molar-refractivity contribution in [3.63, 3.8) is 0 Å². The van der Waals surface area contributed by atoms with Gasteiger partial charge in [0.05, 0.1) is 28.3 Å². The molecule has 0 saturated carbocycles. The lowest BCUT2D eigenvalue weighted by Gasteiger charge is -2.43. The SMILES string of the molecule is C[C@@H](Sc1ncc2ccccn12)C(=O)N1c2ccccc2NC(=O)C1(C)C. The molecule has 0 spiro atoms. The van der Waals surface area contributed by atoms with Gasteiger partial charge in [0.15, 0.2) is 5.16 Å². The van der Waals surface area contributed by atoms with Gasteiger partial charge in [0.1, 0.15) is 5.54 Å². The highest BCUT2D eigenvalue weighted by molar-refractivity contribution is 8.00. The van der Waals surface area contributed by atoms with Crippen LogP contribution in [-0.4, -0.2) is 32.0 Å². The molecule has 1 aromatic carbocycles. The van der Waals surface area contributed by atoms with Crippen LogP contribution >= 0.6 is 11.8 Å². The average Bonchev–Trinajstić information content (AvgIpc) is 3.05. The number of fused-ring (bicyclic) bond motifs is 2. The number of carbonyl (C=O) groups excluding carboxylic acids is 2. The van der Waals surface area contributed by atoms with E-state index in [0.717, 1.165) is 10.7 Å². The number of aromatic nitrogens is 2. The normalized spacial score (nSPS) is 16.7. The lowest BCUT2D eigenvalue weighted by atomic mass is 9.96. The monoisotopic (exact) mass is 380 g/mol. The zero-order chi connectivity index (χ0) is 19.2. The summed E-state index contributed by atoms with van der Waals surface area (Å²) in [5.41, 5.74) is 1.36. The number of benzene rings is 1. The second kappa shape index (κ2) is 6.42. The molecule has 6 nitrogen and oxygen atoms in total. The third kappa shape index (κ3) is 2.88. The number of hydrogen-bond acceptors (Lipinski definition) is 4. The second-order valence-electron chi connectivity index (χ2n) is 7.00. The zero-order valence-electron chi connectivity index (χ0n) is 15.3. The van der Waals surface area contributed by atoms with Gasteiger partial charge in [0.2, 0.25) is 11.8 Å². The molecule has 3 heterocycles. The molecule has 1 atom stereocenters. The van der Waals surface area contributed by atoms with Gasteiger partial charge in [0, 0.05) is 6.20 Å². The van der Waals surface area contributed by atoms with Crippen LogP contribution < -0.4 is 10.2 Å². The molecule has 1 N–H and O–H groups in total. The first-order valence-corrected chi connectivity index (χ1v) is 9.61. The molecule has 27 heavy (non-hydrogen) atoms. The zero-order valence-corrected chi connectivity index (χ0v) is 16.2. The van der Waals surface area contributed by atoms with Crippen LogP contribution in [0.3, 0.4) is 0 Å². The average molecular weight is 380 g/mol. The first-order chi connectivity index (χ1) is 12.9. The summed E-state index contributed by atoms with van der Waals surface area (Å²) in [6.07, 6.45) is 3.71. The Kier molecular flexibility index (Phi) is 4.19. The smallest absolute Gasteiger partial charge is 0.250 e. The van der Waals surface area contributed by atoms with Gasteiger partial charge in [-0.15, -0.1) is 0 Å². The van der Waals surface area contributed by atoms with Crippen LogP contribution in [0.1, 0.15) is 20.8 Å². The third-order valence-electron chi connectivity index (χ3n) is 4.76. The maximum absolute atomic E-state index is 13.4. The molecule has 7 heteroatoms. The Morgan fingerprint density at radius 3 is 2.74 bits per heavy atom. The predicted molar refractivity (Wildman–Crippen MR) is 107 cm³/mol. The van der Waals surface area contributed by atoms with Crippen molar-refractivity contribution < 1.29 is 9.59 Å². The summed E-state index contributed by atoms with van der Waals surface area (Å²) in [7, 11) is 0. The highest BCUT2D eigenvalue weighted by Crippen LogP contribution is 2.38. The topological polar surface area (TPSA) is 66.7 Å². The van der Waals surface area contributed by atoms with Gasteiger partial charge in [-0.3, -0.25) is 18.9 Å². The number of para-hydroxylation sites is 2. The fourth-order valence-corrected chi connectivity index (χ4v) is 4.16. The van der Waals surface area contributed by atoms with Crippen molar-refractivity contribution in [3.8, 4) is 0 Å². The van der Waals surface area contributed by atoms with Crippen LogP contribution in [0.15, 0.2) is 60.0 Å². The van der Waals surface area contributed by atoms with E-state index < -0.39 is 10.8 Å². The number of nitrogens with zero attached hydrogens (tertiary/aromatic N) is 3. The Labute approximate surface area is 161 Å². The van der Waals surface area contributed by atoms with E-state index in [0.29, 0.717) is 11.4 Å². The number of anilines is 2. The number of rotatable bonds is 3. The molecule has 1 aliphatic rings. The Balaban J connectivity index is 1.67. The molecule has 4 rings (SSSR count). The number of pyridine rings is 1. The van der Waals surface area contributed by atoms with Gasteiger partial charge in [-0.1, -0.05) is 30.0 Å². The second-order valence-corrected chi connectivity index (χ2v) is 8.31. The Morgan fingerprint density at radius 2 is 1.93 bits per heavy atom. The number of amides is 2. The van der Waals surface area contributed by atoms with Crippen LogP contribution in [0.5, 0.6) is 0 Å². The maximum atomic E-state index is 13.4. The first-order valence-electron chi connectivity index (χ1n) is 8.73. The minimum Gasteiger partial charge on any atom is -0.322 e. The number of imidazole rings is 1. The largest absolute Gasteiger partial charge is 0.322 e. The number of carbonyl (C=O) groups is 2. The number of thioether (sulfide) groups is 1. The van der Waals surface area contributed by atoms with E-state index in [1.807, 2.05) is 60.0 Å². The van der Waals surface area contributed by atoms with Crippen molar-refractivity contribution in [2.24, 2.45) is 0 Å². The Bertz CT molecular complexity index is 1040.